The van der Waals surface area contributed by atoms with E-state index >= 15 is 0 Å². The Morgan fingerprint density at radius 1 is 1.30 bits per heavy atom. The van der Waals surface area contributed by atoms with Crippen LogP contribution in [0.15, 0.2) is 35.9 Å². The van der Waals surface area contributed by atoms with Crippen LogP contribution in [-0.4, -0.2) is 35.0 Å². The van der Waals surface area contributed by atoms with E-state index in [1.165, 1.54) is 0 Å². The molecule has 1 atom stereocenters. The van der Waals surface area contributed by atoms with Gasteiger partial charge in [0.25, 0.3) is 0 Å². The first-order chi connectivity index (χ1) is 10.6. The van der Waals surface area contributed by atoms with Gasteiger partial charge in [0.05, 0.1) is 12.6 Å². The van der Waals surface area contributed by atoms with Crippen LogP contribution in [0.1, 0.15) is 47.1 Å². The maximum Gasteiger partial charge on any atom is 0.413 e. The molecule has 1 saturated heterocycles. The van der Waals surface area contributed by atoms with Gasteiger partial charge in [-0.25, -0.2) is 4.79 Å². The molecule has 4 nitrogen and oxygen atoms in total. The van der Waals surface area contributed by atoms with Gasteiger partial charge in [-0.15, -0.1) is 0 Å². The number of benzene rings is 1. The Morgan fingerprint density at radius 2 is 1.91 bits per heavy atom. The predicted octanol–water partition coefficient (Wildman–Crippen LogP) is 4.46. The summed E-state index contributed by atoms with van der Waals surface area (Å²) in [5, 5.41) is 0. The molecular weight excluding hydrogens is 290 g/mol. The number of rotatable bonds is 2. The third kappa shape index (κ3) is 4.35. The molecule has 1 aliphatic heterocycles. The van der Waals surface area contributed by atoms with Crippen LogP contribution in [0.4, 0.5) is 4.79 Å². The number of hydrogen-bond acceptors (Lipinski definition) is 3. The lowest BCUT2D eigenvalue weighted by atomic mass is 10.0. The van der Waals surface area contributed by atoms with E-state index < -0.39 is 11.3 Å². The highest BCUT2D eigenvalue weighted by Crippen LogP contribution is 2.33. The van der Waals surface area contributed by atoms with Gasteiger partial charge in [0.15, 0.2) is 0 Å². The normalized spacial score (nSPS) is 21.4. The van der Waals surface area contributed by atoms with Crippen LogP contribution < -0.4 is 0 Å². The Kier molecular flexibility index (Phi) is 4.85. The van der Waals surface area contributed by atoms with Crippen LogP contribution in [-0.2, 0) is 9.47 Å². The molecule has 1 aromatic rings. The molecule has 0 aliphatic carbocycles. The average Bonchev–Trinajstić information content (AvgIpc) is 2.73. The Labute approximate surface area is 139 Å². The van der Waals surface area contributed by atoms with Crippen LogP contribution in [0.5, 0.6) is 0 Å². The van der Waals surface area contributed by atoms with E-state index in [1.54, 1.807) is 4.90 Å². The number of carbonyl (C=O) groups excluding carboxylic acids is 1. The van der Waals surface area contributed by atoms with Gasteiger partial charge < -0.3 is 9.47 Å². The molecule has 23 heavy (non-hydrogen) atoms. The van der Waals surface area contributed by atoms with Crippen LogP contribution >= 0.6 is 0 Å². The Balaban J connectivity index is 2.26. The summed E-state index contributed by atoms with van der Waals surface area (Å²) in [5.41, 5.74) is 0.974. The minimum Gasteiger partial charge on any atom is -0.444 e. The van der Waals surface area contributed by atoms with Gasteiger partial charge in [-0.3, -0.25) is 4.90 Å². The summed E-state index contributed by atoms with van der Waals surface area (Å²) in [6.07, 6.45) is 1.75. The van der Waals surface area contributed by atoms with Crippen molar-refractivity contribution >= 4 is 12.2 Å². The van der Waals surface area contributed by atoms with Crippen LogP contribution in [0.25, 0.3) is 6.08 Å². The number of amides is 1. The lowest BCUT2D eigenvalue weighted by Crippen LogP contribution is -2.50. The first-order valence-electron chi connectivity index (χ1n) is 8.00. The summed E-state index contributed by atoms with van der Waals surface area (Å²) in [5.74, 6) is 0. The summed E-state index contributed by atoms with van der Waals surface area (Å²) in [6.45, 7) is 11.9. The zero-order chi connectivity index (χ0) is 17.3. The molecule has 2 rings (SSSR count). The highest BCUT2D eigenvalue weighted by atomic mass is 16.6. The van der Waals surface area contributed by atoms with Crippen LogP contribution in [0.3, 0.4) is 0 Å². The summed E-state index contributed by atoms with van der Waals surface area (Å²) < 4.78 is 11.4. The average molecular weight is 317 g/mol. The highest BCUT2D eigenvalue weighted by Gasteiger charge is 2.46. The summed E-state index contributed by atoms with van der Waals surface area (Å²) in [7, 11) is 0. The smallest absolute Gasteiger partial charge is 0.413 e. The number of nitrogens with zero attached hydrogens (tertiary/aromatic N) is 1. The fraction of sp³-hybridized carbons (Fsp3) is 0.526. The van der Waals surface area contributed by atoms with E-state index in [0.717, 1.165) is 11.1 Å². The maximum atomic E-state index is 12.6. The van der Waals surface area contributed by atoms with E-state index in [1.807, 2.05) is 71.9 Å². The van der Waals surface area contributed by atoms with Crippen LogP contribution in [0.2, 0.25) is 0 Å². The van der Waals surface area contributed by atoms with E-state index in [9.17, 15) is 4.79 Å². The van der Waals surface area contributed by atoms with Gasteiger partial charge in [0.2, 0.25) is 0 Å². The fourth-order valence-electron chi connectivity index (χ4n) is 2.70. The van der Waals surface area contributed by atoms with Crippen molar-refractivity contribution < 1.29 is 14.3 Å². The molecule has 0 N–H and O–H groups in total. The van der Waals surface area contributed by atoms with Crippen molar-refractivity contribution in [1.82, 2.24) is 4.90 Å². The van der Waals surface area contributed by atoms with Crippen LogP contribution in [0, 0.1) is 0 Å². The molecule has 4 heteroatoms. The van der Waals surface area contributed by atoms with E-state index in [-0.39, 0.29) is 12.1 Å². The van der Waals surface area contributed by atoms with Gasteiger partial charge in [0, 0.05) is 0 Å². The molecule has 0 unspecified atom stereocenters. The molecule has 0 radical (unpaired) electrons. The van der Waals surface area contributed by atoms with Gasteiger partial charge in [-0.2, -0.15) is 0 Å². The lowest BCUT2D eigenvalue weighted by Gasteiger charge is -2.35. The van der Waals surface area contributed by atoms with Gasteiger partial charge in [-0.1, -0.05) is 36.4 Å². The minimum atomic E-state index is -0.682. The van der Waals surface area contributed by atoms with Crippen molar-refractivity contribution in [2.75, 3.05) is 6.61 Å². The summed E-state index contributed by atoms with van der Waals surface area (Å²) in [6, 6.07) is 9.95. The molecular formula is C19H27NO3. The largest absolute Gasteiger partial charge is 0.444 e. The molecule has 1 aliphatic rings. The number of ether oxygens (including phenoxy) is 2. The van der Waals surface area contributed by atoms with Crippen molar-refractivity contribution in [3.05, 3.63) is 41.5 Å². The third-order valence-corrected chi connectivity index (χ3v) is 3.80. The maximum absolute atomic E-state index is 12.6. The summed E-state index contributed by atoms with van der Waals surface area (Å²) >= 11 is 0. The van der Waals surface area contributed by atoms with Gasteiger partial charge in [0.1, 0.15) is 11.3 Å². The molecule has 0 bridgehead atoms. The van der Waals surface area contributed by atoms with Crippen molar-refractivity contribution in [2.24, 2.45) is 0 Å². The minimum absolute atomic E-state index is 0.125. The molecule has 0 spiro atoms. The second-order valence-electron chi connectivity index (χ2n) is 7.42. The molecule has 1 amide bonds. The monoisotopic (exact) mass is 317 g/mol. The van der Waals surface area contributed by atoms with Gasteiger partial charge >= 0.3 is 6.09 Å². The molecule has 1 fully saturated rings. The zero-order valence-electron chi connectivity index (χ0n) is 14.9. The molecule has 126 valence electrons. The Hall–Kier alpha value is -1.81. The second-order valence-corrected chi connectivity index (χ2v) is 7.42. The predicted molar refractivity (Wildman–Crippen MR) is 92.0 cm³/mol. The van der Waals surface area contributed by atoms with Crippen molar-refractivity contribution in [2.45, 2.75) is 58.9 Å². The van der Waals surface area contributed by atoms with Crippen molar-refractivity contribution in [1.29, 1.82) is 0 Å². The molecule has 1 heterocycles. The SMILES string of the molecule is C/C(=C\c1ccccc1)[C@H]1COC(C)(C)N1C(=O)OC(C)(C)C. The quantitative estimate of drug-likeness (QED) is 0.808. The molecule has 1 aromatic carbocycles. The van der Waals surface area contributed by atoms with Crippen molar-refractivity contribution in [3.63, 3.8) is 0 Å². The molecule has 0 aromatic heterocycles. The van der Waals surface area contributed by atoms with E-state index in [0.29, 0.717) is 6.61 Å². The second kappa shape index (κ2) is 6.36. The third-order valence-electron chi connectivity index (χ3n) is 3.80. The topological polar surface area (TPSA) is 38.8 Å². The number of hydrogen-bond donors (Lipinski definition) is 0. The van der Waals surface area contributed by atoms with Crippen molar-refractivity contribution in [3.8, 4) is 0 Å². The Morgan fingerprint density at radius 3 is 2.48 bits per heavy atom. The Bertz CT molecular complexity index is 584. The van der Waals surface area contributed by atoms with E-state index in [2.05, 4.69) is 6.08 Å². The number of carbonyl (C=O) groups is 1. The lowest BCUT2D eigenvalue weighted by molar-refractivity contribution is -0.0613. The fourth-order valence-corrected chi connectivity index (χ4v) is 2.70. The summed E-state index contributed by atoms with van der Waals surface area (Å²) in [4.78, 5) is 14.3. The van der Waals surface area contributed by atoms with Gasteiger partial charge in [-0.05, 0) is 52.7 Å². The van der Waals surface area contributed by atoms with E-state index in [4.69, 9.17) is 9.47 Å². The standard InChI is InChI=1S/C19H27NO3/c1-14(12-15-10-8-7-9-11-15)16-13-22-19(5,6)20(16)17(21)23-18(2,3)4/h7-12,16H,13H2,1-6H3/b14-12+/t16-/m1/s1. The highest BCUT2D eigenvalue weighted by molar-refractivity contribution is 5.71. The first kappa shape index (κ1) is 17.5. The molecule has 0 saturated carbocycles. The zero-order valence-corrected chi connectivity index (χ0v) is 14.9. The first-order valence-corrected chi connectivity index (χ1v) is 8.00.